The number of hydrogen-bond donors (Lipinski definition) is 3. The van der Waals surface area contributed by atoms with Crippen molar-refractivity contribution in [1.29, 1.82) is 0 Å². The number of aliphatic carboxylic acids is 1. The molecule has 0 spiro atoms. The van der Waals surface area contributed by atoms with Crippen LogP contribution in [0, 0.1) is 29.1 Å². The molecule has 3 N–H and O–H groups in total. The van der Waals surface area contributed by atoms with E-state index in [1.165, 1.54) is 6.08 Å². The number of hydrogen-bond acceptors (Lipinski definition) is 6. The van der Waals surface area contributed by atoms with E-state index in [2.05, 4.69) is 19.9 Å². The second kappa shape index (κ2) is 17.0. The van der Waals surface area contributed by atoms with Crippen LogP contribution in [0.4, 0.5) is 0 Å². The lowest BCUT2D eigenvalue weighted by Crippen LogP contribution is -2.35. The quantitative estimate of drug-likeness (QED) is 0.116. The van der Waals surface area contributed by atoms with Crippen LogP contribution in [0.15, 0.2) is 71.4 Å². The summed E-state index contributed by atoms with van der Waals surface area (Å²) in [6, 6.07) is 0. The molecule has 0 aromatic carbocycles. The zero-order valence-electron chi connectivity index (χ0n) is 26.0. The fourth-order valence-electron chi connectivity index (χ4n) is 4.88. The minimum atomic E-state index is -1.04. The number of carbonyl (C=O) groups is 3. The first-order chi connectivity index (χ1) is 19.1. The predicted molar refractivity (Wildman–Crippen MR) is 163 cm³/mol. The average molecular weight is 571 g/mol. The normalized spacial score (nSPS) is 22.0. The average Bonchev–Trinajstić information content (AvgIpc) is 2.89. The Balaban J connectivity index is 2.80. The van der Waals surface area contributed by atoms with Crippen molar-refractivity contribution < 1.29 is 34.4 Å². The maximum absolute atomic E-state index is 13.0. The topological polar surface area (TPSA) is 121 Å². The van der Waals surface area contributed by atoms with E-state index in [1.54, 1.807) is 26.8 Å². The van der Waals surface area contributed by atoms with Crippen LogP contribution in [0.25, 0.3) is 0 Å². The second-order valence-corrected chi connectivity index (χ2v) is 12.0. The molecule has 0 amide bonds. The Hall–Kier alpha value is -3.03. The number of rotatable bonds is 16. The van der Waals surface area contributed by atoms with E-state index in [-0.39, 0.29) is 41.7 Å². The molecule has 0 aromatic rings. The van der Waals surface area contributed by atoms with Crippen molar-refractivity contribution in [3.05, 3.63) is 71.4 Å². The first-order valence-corrected chi connectivity index (χ1v) is 14.5. The summed E-state index contributed by atoms with van der Waals surface area (Å²) in [5.74, 6) is -3.13. The van der Waals surface area contributed by atoms with Gasteiger partial charge in [0, 0.05) is 23.5 Å². The van der Waals surface area contributed by atoms with Crippen molar-refractivity contribution in [2.75, 3.05) is 6.61 Å². The molecule has 7 heteroatoms. The molecule has 0 bridgehead atoms. The molecule has 0 radical (unpaired) electrons. The molecule has 7 nitrogen and oxygen atoms in total. The zero-order valence-corrected chi connectivity index (χ0v) is 26.0. The molecule has 1 aliphatic rings. The zero-order chi connectivity index (χ0) is 31.3. The lowest BCUT2D eigenvalue weighted by atomic mass is 9.82. The summed E-state index contributed by atoms with van der Waals surface area (Å²) in [4.78, 5) is 35.6. The molecule has 0 unspecified atom stereocenters. The minimum absolute atomic E-state index is 0.252. The van der Waals surface area contributed by atoms with Crippen LogP contribution < -0.4 is 0 Å². The summed E-state index contributed by atoms with van der Waals surface area (Å²) >= 11 is 0. The van der Waals surface area contributed by atoms with Crippen LogP contribution in [-0.2, 0) is 19.1 Å². The number of Topliss-reactive ketones (excluding diaryl/α,β-unsaturated/α-hetero) is 1. The number of cyclic esters (lactones) is 1. The van der Waals surface area contributed by atoms with Crippen molar-refractivity contribution in [3.63, 3.8) is 0 Å². The van der Waals surface area contributed by atoms with Crippen molar-refractivity contribution in [2.24, 2.45) is 29.1 Å². The van der Waals surface area contributed by atoms with Gasteiger partial charge in [-0.1, -0.05) is 94.7 Å². The summed E-state index contributed by atoms with van der Waals surface area (Å²) < 4.78 is 5.48. The third kappa shape index (κ3) is 12.6. The SMILES string of the molecule is CCC(=C/[C@H](C)C/C=C/C(C)=C/[C@@H](CO)C(=O)[C@@H](C)[C@H](O)[C@@H](C)C/C(C)=C/C(=O)O)/C=C/[C@@H]1OC(=O)C=CC1(C)C. The van der Waals surface area contributed by atoms with Gasteiger partial charge in [-0.15, -0.1) is 0 Å². The van der Waals surface area contributed by atoms with Gasteiger partial charge in [0.2, 0.25) is 0 Å². The summed E-state index contributed by atoms with van der Waals surface area (Å²) in [5.41, 5.74) is 2.35. The van der Waals surface area contributed by atoms with Crippen molar-refractivity contribution in [3.8, 4) is 0 Å². The van der Waals surface area contributed by atoms with Gasteiger partial charge in [0.15, 0.2) is 0 Å². The van der Waals surface area contributed by atoms with E-state index in [9.17, 15) is 24.6 Å². The minimum Gasteiger partial charge on any atom is -0.478 e. The fourth-order valence-corrected chi connectivity index (χ4v) is 4.88. The van der Waals surface area contributed by atoms with E-state index < -0.39 is 23.9 Å². The maximum atomic E-state index is 13.0. The summed E-state index contributed by atoms with van der Waals surface area (Å²) in [7, 11) is 0. The molecule has 0 saturated carbocycles. The molecule has 1 rings (SSSR count). The highest BCUT2D eigenvalue weighted by atomic mass is 16.5. The van der Waals surface area contributed by atoms with Crippen LogP contribution >= 0.6 is 0 Å². The smallest absolute Gasteiger partial charge is 0.331 e. The van der Waals surface area contributed by atoms with Gasteiger partial charge in [-0.25, -0.2) is 9.59 Å². The number of carboxylic acid groups (broad SMARTS) is 1. The molecule has 1 heterocycles. The van der Waals surface area contributed by atoms with Crippen molar-refractivity contribution in [2.45, 2.75) is 86.9 Å². The van der Waals surface area contributed by atoms with Gasteiger partial charge in [-0.3, -0.25) is 4.79 Å². The number of allylic oxidation sites excluding steroid dienone is 7. The molecule has 0 aromatic heterocycles. The number of aliphatic hydroxyl groups is 2. The number of esters is 1. The molecule has 228 valence electrons. The number of ether oxygens (including phenoxy) is 1. The van der Waals surface area contributed by atoms with Crippen molar-refractivity contribution in [1.82, 2.24) is 0 Å². The van der Waals surface area contributed by atoms with Crippen LogP contribution in [-0.4, -0.2) is 51.9 Å². The van der Waals surface area contributed by atoms with Crippen LogP contribution in [0.3, 0.4) is 0 Å². The lowest BCUT2D eigenvalue weighted by molar-refractivity contribution is -0.146. The number of carbonyl (C=O) groups excluding carboxylic acids is 2. The molecular formula is C34H50O7. The predicted octanol–water partition coefficient (Wildman–Crippen LogP) is 6.15. The van der Waals surface area contributed by atoms with E-state index in [0.29, 0.717) is 12.0 Å². The van der Waals surface area contributed by atoms with Crippen LogP contribution in [0.2, 0.25) is 0 Å². The summed E-state index contributed by atoms with van der Waals surface area (Å²) in [5, 5.41) is 29.5. The van der Waals surface area contributed by atoms with Gasteiger partial charge < -0.3 is 20.1 Å². The Morgan fingerprint density at radius 3 is 2.37 bits per heavy atom. The number of ketones is 1. The number of carboxylic acids is 1. The first kappa shape index (κ1) is 36.0. The van der Waals surface area contributed by atoms with E-state index >= 15 is 0 Å². The molecule has 0 fully saturated rings. The second-order valence-electron chi connectivity index (χ2n) is 12.0. The van der Waals surface area contributed by atoms with E-state index in [0.717, 1.165) is 30.1 Å². The Kier molecular flexibility index (Phi) is 15.0. The molecule has 0 saturated heterocycles. The standard InChI is InChI=1S/C34H50O7/c1-9-27(13-14-29-34(7,8)16-15-31(38)41-29)18-22(2)11-10-12-23(3)19-28(21-35)33(40)26(6)32(39)25(5)17-24(4)20-30(36)37/h10,12-16,18-20,22,25-26,28-29,32,35,39H,9,11,17,21H2,1-8H3,(H,36,37)/b12-10+,14-13+,23-19+,24-20+,27-18-/t22-,25+,26+,28+,29+,32-/m1/s1. The summed E-state index contributed by atoms with van der Waals surface area (Å²) in [6.07, 6.45) is 17.1. The van der Waals surface area contributed by atoms with Gasteiger partial charge >= 0.3 is 11.9 Å². The monoisotopic (exact) mass is 570 g/mol. The van der Waals surface area contributed by atoms with Gasteiger partial charge in [0.25, 0.3) is 0 Å². The van der Waals surface area contributed by atoms with Crippen LogP contribution in [0.1, 0.15) is 74.7 Å². The highest BCUT2D eigenvalue weighted by Gasteiger charge is 2.32. The Morgan fingerprint density at radius 2 is 1.78 bits per heavy atom. The van der Waals surface area contributed by atoms with Gasteiger partial charge in [-0.2, -0.15) is 0 Å². The Bertz CT molecular complexity index is 1090. The van der Waals surface area contributed by atoms with Gasteiger partial charge in [0.1, 0.15) is 11.9 Å². The Morgan fingerprint density at radius 1 is 1.12 bits per heavy atom. The first-order valence-electron chi connectivity index (χ1n) is 14.5. The lowest BCUT2D eigenvalue weighted by Gasteiger charge is -2.31. The molecule has 0 aliphatic carbocycles. The third-order valence-corrected chi connectivity index (χ3v) is 7.49. The van der Waals surface area contributed by atoms with Crippen LogP contribution in [0.5, 0.6) is 0 Å². The number of aliphatic hydroxyl groups excluding tert-OH is 2. The van der Waals surface area contributed by atoms with Gasteiger partial charge in [0.05, 0.1) is 18.6 Å². The van der Waals surface area contributed by atoms with Gasteiger partial charge in [-0.05, 0) is 51.0 Å². The summed E-state index contributed by atoms with van der Waals surface area (Å²) in [6.45, 7) is 14.9. The fraction of sp³-hybridized carbons (Fsp3) is 0.559. The van der Waals surface area contributed by atoms with Crippen molar-refractivity contribution >= 4 is 17.7 Å². The molecular weight excluding hydrogens is 520 g/mol. The van der Waals surface area contributed by atoms with E-state index in [4.69, 9.17) is 9.84 Å². The molecule has 1 aliphatic heterocycles. The highest BCUT2D eigenvalue weighted by molar-refractivity contribution is 5.85. The maximum Gasteiger partial charge on any atom is 0.331 e. The molecule has 41 heavy (non-hydrogen) atoms. The third-order valence-electron chi connectivity index (χ3n) is 7.49. The highest BCUT2D eigenvalue weighted by Crippen LogP contribution is 2.30. The van der Waals surface area contributed by atoms with E-state index in [1.807, 2.05) is 51.2 Å². The largest absolute Gasteiger partial charge is 0.478 e. The molecule has 6 atom stereocenters. The Labute approximate surface area is 246 Å².